The zero-order chi connectivity index (χ0) is 18.4. The van der Waals surface area contributed by atoms with Crippen LogP contribution in [0.25, 0.3) is 0 Å². The van der Waals surface area contributed by atoms with Crippen LogP contribution in [-0.2, 0) is 0 Å². The Morgan fingerprint density at radius 2 is 1.84 bits per heavy atom. The predicted molar refractivity (Wildman–Crippen MR) is 100 cm³/mol. The Bertz CT molecular complexity index is 538. The van der Waals surface area contributed by atoms with Crippen LogP contribution < -0.4 is 5.32 Å². The molecule has 0 aliphatic carbocycles. The molecule has 25 heavy (non-hydrogen) atoms. The third-order valence-corrected chi connectivity index (χ3v) is 4.96. The van der Waals surface area contributed by atoms with Crippen molar-refractivity contribution in [2.75, 3.05) is 26.2 Å². The maximum absolute atomic E-state index is 13.1. The predicted octanol–water partition coefficient (Wildman–Crippen LogP) is 4.04. The number of nitrogens with zero attached hydrogens (tertiary/aromatic N) is 2. The maximum Gasteiger partial charge on any atom is 0.318 e. The van der Waals surface area contributed by atoms with Gasteiger partial charge in [-0.15, -0.1) is 0 Å². The molecule has 1 atom stereocenters. The number of carbonyl (C=O) groups excluding carboxylic acids is 1. The van der Waals surface area contributed by atoms with Crippen molar-refractivity contribution in [2.24, 2.45) is 5.92 Å². The number of nitrogens with one attached hydrogen (secondary N) is 1. The first kappa shape index (κ1) is 19.7. The van der Waals surface area contributed by atoms with Gasteiger partial charge in [0.1, 0.15) is 5.82 Å². The van der Waals surface area contributed by atoms with Crippen LogP contribution in [-0.4, -0.2) is 48.1 Å². The van der Waals surface area contributed by atoms with Crippen LogP contribution in [0, 0.1) is 11.7 Å². The molecule has 1 aromatic carbocycles. The summed E-state index contributed by atoms with van der Waals surface area (Å²) < 4.78 is 13.1. The van der Waals surface area contributed by atoms with E-state index in [1.54, 1.807) is 12.1 Å². The van der Waals surface area contributed by atoms with Crippen molar-refractivity contribution in [1.29, 1.82) is 0 Å². The van der Waals surface area contributed by atoms with Gasteiger partial charge in [0.05, 0.1) is 6.04 Å². The van der Waals surface area contributed by atoms with Crippen molar-refractivity contribution in [2.45, 2.75) is 52.6 Å². The van der Waals surface area contributed by atoms with E-state index in [4.69, 9.17) is 0 Å². The highest BCUT2D eigenvalue weighted by Crippen LogP contribution is 2.21. The van der Waals surface area contributed by atoms with Crippen LogP contribution in [0.2, 0.25) is 0 Å². The van der Waals surface area contributed by atoms with E-state index in [2.05, 4.69) is 24.1 Å². The minimum atomic E-state index is -0.253. The SMILES string of the molecule is CCN(C(=O)NC1CCN(CC(C)C)CC1)C(C)c1ccc(F)cc1. The smallest absolute Gasteiger partial charge is 0.318 e. The number of halogens is 1. The minimum absolute atomic E-state index is 0.0263. The van der Waals surface area contributed by atoms with Crippen LogP contribution in [0.3, 0.4) is 0 Å². The maximum atomic E-state index is 13.1. The summed E-state index contributed by atoms with van der Waals surface area (Å²) in [4.78, 5) is 17.0. The summed E-state index contributed by atoms with van der Waals surface area (Å²) >= 11 is 0. The van der Waals surface area contributed by atoms with Crippen LogP contribution >= 0.6 is 0 Å². The van der Waals surface area contributed by atoms with Gasteiger partial charge in [-0.2, -0.15) is 0 Å². The molecule has 2 rings (SSSR count). The fraction of sp³-hybridized carbons (Fsp3) is 0.650. The standard InChI is InChI=1S/C20H32FN3O/c1-5-24(16(4)17-6-8-18(21)9-7-17)20(25)22-19-10-12-23(13-11-19)14-15(2)3/h6-9,15-16,19H,5,10-14H2,1-4H3,(H,22,25). The quantitative estimate of drug-likeness (QED) is 0.841. The Hall–Kier alpha value is -1.62. The van der Waals surface area contributed by atoms with Gasteiger partial charge in [-0.25, -0.2) is 9.18 Å². The molecule has 0 bridgehead atoms. The highest BCUT2D eigenvalue weighted by atomic mass is 19.1. The molecule has 0 radical (unpaired) electrons. The number of rotatable bonds is 6. The van der Waals surface area contributed by atoms with Gasteiger partial charge in [0.15, 0.2) is 0 Å². The van der Waals surface area contributed by atoms with Crippen molar-refractivity contribution >= 4 is 6.03 Å². The number of piperidine rings is 1. The summed E-state index contributed by atoms with van der Waals surface area (Å²) in [5, 5.41) is 3.19. The normalized spacial score (nSPS) is 17.5. The van der Waals surface area contributed by atoms with Crippen molar-refractivity contribution in [1.82, 2.24) is 15.1 Å². The van der Waals surface area contributed by atoms with E-state index in [1.807, 2.05) is 18.7 Å². The molecule has 1 aliphatic rings. The molecule has 4 nitrogen and oxygen atoms in total. The van der Waals surface area contributed by atoms with Gasteiger partial charge in [-0.05, 0) is 50.3 Å². The Morgan fingerprint density at radius 1 is 1.24 bits per heavy atom. The van der Waals surface area contributed by atoms with Gasteiger partial charge >= 0.3 is 6.03 Å². The molecule has 0 spiro atoms. The van der Waals surface area contributed by atoms with Crippen molar-refractivity contribution in [3.63, 3.8) is 0 Å². The zero-order valence-electron chi connectivity index (χ0n) is 16.0. The third-order valence-electron chi connectivity index (χ3n) is 4.96. The lowest BCUT2D eigenvalue weighted by Gasteiger charge is -2.35. The molecule has 0 aromatic heterocycles. The van der Waals surface area contributed by atoms with Crippen molar-refractivity contribution in [3.8, 4) is 0 Å². The number of carbonyl (C=O) groups is 1. The van der Waals surface area contributed by atoms with Crippen molar-refractivity contribution in [3.05, 3.63) is 35.6 Å². The van der Waals surface area contributed by atoms with Crippen LogP contribution in [0.15, 0.2) is 24.3 Å². The summed E-state index contributed by atoms with van der Waals surface area (Å²) in [7, 11) is 0. The topological polar surface area (TPSA) is 35.6 Å². The van der Waals surface area contributed by atoms with Crippen LogP contribution in [0.5, 0.6) is 0 Å². The lowest BCUT2D eigenvalue weighted by molar-refractivity contribution is 0.156. The van der Waals surface area contributed by atoms with E-state index in [-0.39, 0.29) is 23.9 Å². The summed E-state index contributed by atoms with van der Waals surface area (Å²) in [6, 6.07) is 6.53. The number of benzene rings is 1. The van der Waals surface area contributed by atoms with Crippen molar-refractivity contribution < 1.29 is 9.18 Å². The van der Waals surface area contributed by atoms with Crippen LogP contribution in [0.1, 0.15) is 52.1 Å². The fourth-order valence-corrected chi connectivity index (χ4v) is 3.55. The molecule has 5 heteroatoms. The first-order valence-corrected chi connectivity index (χ1v) is 9.45. The number of hydrogen-bond acceptors (Lipinski definition) is 2. The summed E-state index contributed by atoms with van der Waals surface area (Å²) in [5.41, 5.74) is 0.949. The minimum Gasteiger partial charge on any atom is -0.335 e. The monoisotopic (exact) mass is 349 g/mol. The highest BCUT2D eigenvalue weighted by molar-refractivity contribution is 5.75. The molecular weight excluding hydrogens is 317 g/mol. The summed E-state index contributed by atoms with van der Waals surface area (Å²) in [5.74, 6) is 0.426. The van der Waals surface area contributed by atoms with E-state index in [1.165, 1.54) is 12.1 Å². The number of amides is 2. The number of urea groups is 1. The van der Waals surface area contributed by atoms with E-state index in [0.29, 0.717) is 12.5 Å². The summed E-state index contributed by atoms with van der Waals surface area (Å²) in [6.07, 6.45) is 2.00. The second kappa shape index (κ2) is 9.18. The van der Waals surface area contributed by atoms with Gasteiger partial charge in [0.2, 0.25) is 0 Å². The lowest BCUT2D eigenvalue weighted by Crippen LogP contribution is -2.50. The second-order valence-electron chi connectivity index (χ2n) is 7.43. The van der Waals surface area contributed by atoms with Gasteiger partial charge in [0.25, 0.3) is 0 Å². The molecule has 1 fully saturated rings. The first-order valence-electron chi connectivity index (χ1n) is 9.45. The molecule has 1 saturated heterocycles. The average Bonchev–Trinajstić information content (AvgIpc) is 2.57. The Labute approximate surface area is 151 Å². The highest BCUT2D eigenvalue weighted by Gasteiger charge is 2.25. The average molecular weight is 349 g/mol. The van der Waals surface area contributed by atoms with Gasteiger partial charge in [0, 0.05) is 32.2 Å². The van der Waals surface area contributed by atoms with Gasteiger partial charge in [-0.3, -0.25) is 0 Å². The fourth-order valence-electron chi connectivity index (χ4n) is 3.55. The van der Waals surface area contributed by atoms with E-state index in [9.17, 15) is 9.18 Å². The molecule has 140 valence electrons. The molecular formula is C20H32FN3O. The second-order valence-corrected chi connectivity index (χ2v) is 7.43. The Kier molecular flexibility index (Phi) is 7.24. The molecule has 1 aliphatic heterocycles. The third kappa shape index (κ3) is 5.70. The molecule has 1 aromatic rings. The number of likely N-dealkylation sites (tertiary alicyclic amines) is 1. The van der Waals surface area contributed by atoms with E-state index < -0.39 is 0 Å². The number of hydrogen-bond donors (Lipinski definition) is 1. The van der Waals surface area contributed by atoms with Gasteiger partial charge < -0.3 is 15.1 Å². The largest absolute Gasteiger partial charge is 0.335 e. The zero-order valence-corrected chi connectivity index (χ0v) is 16.0. The first-order chi connectivity index (χ1) is 11.9. The summed E-state index contributed by atoms with van der Waals surface area (Å²) in [6.45, 7) is 12.3. The molecule has 2 amide bonds. The Morgan fingerprint density at radius 3 is 2.36 bits per heavy atom. The molecule has 0 saturated carbocycles. The van der Waals surface area contributed by atoms with E-state index >= 15 is 0 Å². The van der Waals surface area contributed by atoms with Gasteiger partial charge in [-0.1, -0.05) is 26.0 Å². The molecule has 1 unspecified atom stereocenters. The Balaban J connectivity index is 1.89. The molecule has 1 heterocycles. The lowest BCUT2D eigenvalue weighted by atomic mass is 10.0. The van der Waals surface area contributed by atoms with Crippen LogP contribution in [0.4, 0.5) is 9.18 Å². The van der Waals surface area contributed by atoms with E-state index in [0.717, 1.165) is 38.0 Å². The molecule has 1 N–H and O–H groups in total.